The van der Waals surface area contributed by atoms with Crippen LogP contribution >= 0.6 is 0 Å². The predicted octanol–water partition coefficient (Wildman–Crippen LogP) is 6.26. The highest BCUT2D eigenvalue weighted by atomic mass is 16.6. The van der Waals surface area contributed by atoms with Crippen LogP contribution in [-0.4, -0.2) is 47.9 Å². The molecule has 3 rings (SSSR count). The van der Waals surface area contributed by atoms with E-state index in [4.69, 9.17) is 14.2 Å². The Labute approximate surface area is 220 Å². The molecule has 0 aromatic heterocycles. The van der Waals surface area contributed by atoms with Gasteiger partial charge in [-0.2, -0.15) is 0 Å². The number of hydrogen-bond donors (Lipinski definition) is 2. The van der Waals surface area contributed by atoms with Gasteiger partial charge in [-0.25, -0.2) is 4.79 Å². The smallest absolute Gasteiger partial charge is 0.410 e. The fourth-order valence-electron chi connectivity index (χ4n) is 3.65. The molecular formula is C30H38N2O5. The molecule has 0 aliphatic rings. The van der Waals surface area contributed by atoms with Gasteiger partial charge in [0.2, 0.25) is 0 Å². The third-order valence-corrected chi connectivity index (χ3v) is 5.42. The molecule has 0 heterocycles. The van der Waals surface area contributed by atoms with Crippen LogP contribution < -0.4 is 14.8 Å². The Bertz CT molecular complexity index is 1120. The minimum Gasteiger partial charge on any atom is -0.489 e. The molecule has 0 unspecified atom stereocenters. The molecule has 0 aliphatic carbocycles. The third kappa shape index (κ3) is 9.35. The second-order valence-electron chi connectivity index (χ2n) is 9.95. The van der Waals surface area contributed by atoms with E-state index in [0.29, 0.717) is 31.1 Å². The standard InChI is InChI=1S/C30H38N2O5/c1-22(33)20-32(29(34)37-30(2,3)4)18-17-23-11-16-27(31-5)28(19-23)36-26-14-12-25(13-15-26)35-21-24-9-7-6-8-10-24/h6-16,19,22,31,33H,17-18,20-21H2,1-5H3/t22-/m0/s1. The highest BCUT2D eigenvalue weighted by molar-refractivity contribution is 5.68. The lowest BCUT2D eigenvalue weighted by Gasteiger charge is -2.28. The van der Waals surface area contributed by atoms with E-state index in [9.17, 15) is 9.90 Å². The van der Waals surface area contributed by atoms with Gasteiger partial charge in [0.25, 0.3) is 0 Å². The summed E-state index contributed by atoms with van der Waals surface area (Å²) < 4.78 is 17.6. The lowest BCUT2D eigenvalue weighted by atomic mass is 10.1. The van der Waals surface area contributed by atoms with Gasteiger partial charge in [-0.1, -0.05) is 36.4 Å². The molecule has 3 aromatic carbocycles. The summed E-state index contributed by atoms with van der Waals surface area (Å²) in [4.78, 5) is 14.2. The Kier molecular flexibility index (Phi) is 9.80. The van der Waals surface area contributed by atoms with Gasteiger partial charge in [0, 0.05) is 20.1 Å². The van der Waals surface area contributed by atoms with Gasteiger partial charge in [0.15, 0.2) is 5.75 Å². The second kappa shape index (κ2) is 13.0. The van der Waals surface area contributed by atoms with E-state index in [-0.39, 0.29) is 6.54 Å². The average molecular weight is 507 g/mol. The molecule has 7 nitrogen and oxygen atoms in total. The van der Waals surface area contributed by atoms with Crippen LogP contribution in [0.1, 0.15) is 38.8 Å². The summed E-state index contributed by atoms with van der Waals surface area (Å²) in [5, 5.41) is 13.0. The number of carbonyl (C=O) groups excluding carboxylic acids is 1. The van der Waals surface area contributed by atoms with Crippen molar-refractivity contribution in [1.29, 1.82) is 0 Å². The molecule has 198 valence electrons. The van der Waals surface area contributed by atoms with Crippen LogP contribution in [0.25, 0.3) is 0 Å². The number of benzene rings is 3. The molecule has 1 atom stereocenters. The maximum absolute atomic E-state index is 12.6. The van der Waals surface area contributed by atoms with E-state index in [2.05, 4.69) is 5.32 Å². The normalized spacial score (nSPS) is 11.9. The number of anilines is 1. The Morgan fingerprint density at radius 1 is 0.973 bits per heavy atom. The summed E-state index contributed by atoms with van der Waals surface area (Å²) in [5.41, 5.74) is 2.35. The summed E-state index contributed by atoms with van der Waals surface area (Å²) in [6.45, 7) is 8.25. The van der Waals surface area contributed by atoms with Gasteiger partial charge in [0.1, 0.15) is 23.7 Å². The summed E-state index contributed by atoms with van der Waals surface area (Å²) in [6, 6.07) is 23.4. The lowest BCUT2D eigenvalue weighted by Crippen LogP contribution is -2.41. The molecule has 2 N–H and O–H groups in total. The minimum absolute atomic E-state index is 0.200. The average Bonchev–Trinajstić information content (AvgIpc) is 2.85. The van der Waals surface area contributed by atoms with Gasteiger partial charge in [-0.15, -0.1) is 0 Å². The minimum atomic E-state index is -0.655. The molecule has 0 bridgehead atoms. The Balaban J connectivity index is 1.65. The zero-order valence-electron chi connectivity index (χ0n) is 22.4. The Morgan fingerprint density at radius 2 is 1.65 bits per heavy atom. The SMILES string of the molecule is CNc1ccc(CCN(C[C@H](C)O)C(=O)OC(C)(C)C)cc1Oc1ccc(OCc2ccccc2)cc1. The van der Waals surface area contributed by atoms with E-state index < -0.39 is 17.8 Å². The van der Waals surface area contributed by atoms with Crippen LogP contribution in [0.2, 0.25) is 0 Å². The number of rotatable bonds is 11. The number of carbonyl (C=O) groups is 1. The first-order chi connectivity index (χ1) is 17.6. The topological polar surface area (TPSA) is 80.3 Å². The van der Waals surface area contributed by atoms with Crippen LogP contribution in [0.4, 0.5) is 10.5 Å². The predicted molar refractivity (Wildman–Crippen MR) is 146 cm³/mol. The third-order valence-electron chi connectivity index (χ3n) is 5.42. The molecule has 0 aliphatic heterocycles. The molecular weight excluding hydrogens is 468 g/mol. The van der Waals surface area contributed by atoms with Crippen LogP contribution in [0.5, 0.6) is 17.2 Å². The molecule has 0 saturated carbocycles. The fourth-order valence-corrected chi connectivity index (χ4v) is 3.65. The monoisotopic (exact) mass is 506 g/mol. The molecule has 0 saturated heterocycles. The first kappa shape index (κ1) is 27.9. The second-order valence-corrected chi connectivity index (χ2v) is 9.95. The maximum atomic E-state index is 12.6. The van der Waals surface area contributed by atoms with E-state index in [1.54, 1.807) is 6.92 Å². The Morgan fingerprint density at radius 3 is 2.27 bits per heavy atom. The summed E-state index contributed by atoms with van der Waals surface area (Å²) in [5.74, 6) is 2.13. The van der Waals surface area contributed by atoms with Crippen molar-refractivity contribution in [2.24, 2.45) is 0 Å². The molecule has 7 heteroatoms. The lowest BCUT2D eigenvalue weighted by molar-refractivity contribution is 0.0164. The number of nitrogens with zero attached hydrogens (tertiary/aromatic N) is 1. The van der Waals surface area contributed by atoms with Crippen molar-refractivity contribution in [3.05, 3.63) is 83.9 Å². The van der Waals surface area contributed by atoms with Crippen molar-refractivity contribution < 1.29 is 24.1 Å². The van der Waals surface area contributed by atoms with Crippen molar-refractivity contribution >= 4 is 11.8 Å². The molecule has 0 fully saturated rings. The van der Waals surface area contributed by atoms with Gasteiger partial charge in [-0.3, -0.25) is 0 Å². The van der Waals surface area contributed by atoms with Crippen molar-refractivity contribution in [2.75, 3.05) is 25.5 Å². The number of aliphatic hydroxyl groups is 1. The number of amides is 1. The summed E-state index contributed by atoms with van der Waals surface area (Å²) >= 11 is 0. The zero-order valence-corrected chi connectivity index (χ0v) is 22.4. The van der Waals surface area contributed by atoms with E-state index in [1.165, 1.54) is 4.90 Å². The molecule has 0 spiro atoms. The van der Waals surface area contributed by atoms with Crippen molar-refractivity contribution in [2.45, 2.75) is 52.4 Å². The summed E-state index contributed by atoms with van der Waals surface area (Å²) in [7, 11) is 1.84. The molecule has 0 radical (unpaired) electrons. The molecule has 3 aromatic rings. The van der Waals surface area contributed by atoms with E-state index in [1.807, 2.05) is 101 Å². The van der Waals surface area contributed by atoms with Gasteiger partial charge in [-0.05, 0) is 81.6 Å². The van der Waals surface area contributed by atoms with Gasteiger partial charge < -0.3 is 29.5 Å². The van der Waals surface area contributed by atoms with Crippen LogP contribution in [0.3, 0.4) is 0 Å². The van der Waals surface area contributed by atoms with Gasteiger partial charge in [0.05, 0.1) is 11.8 Å². The largest absolute Gasteiger partial charge is 0.489 e. The van der Waals surface area contributed by atoms with Crippen LogP contribution in [0.15, 0.2) is 72.8 Å². The summed E-state index contributed by atoms with van der Waals surface area (Å²) in [6.07, 6.45) is -0.512. The molecule has 1 amide bonds. The number of ether oxygens (including phenoxy) is 3. The number of hydrogen-bond acceptors (Lipinski definition) is 6. The highest BCUT2D eigenvalue weighted by Gasteiger charge is 2.23. The zero-order chi connectivity index (χ0) is 26.8. The van der Waals surface area contributed by atoms with Crippen molar-refractivity contribution in [3.63, 3.8) is 0 Å². The fraction of sp³-hybridized carbons (Fsp3) is 0.367. The molecule has 37 heavy (non-hydrogen) atoms. The van der Waals surface area contributed by atoms with Crippen molar-refractivity contribution in [1.82, 2.24) is 4.90 Å². The Hall–Kier alpha value is -3.71. The van der Waals surface area contributed by atoms with Gasteiger partial charge >= 0.3 is 6.09 Å². The maximum Gasteiger partial charge on any atom is 0.410 e. The highest BCUT2D eigenvalue weighted by Crippen LogP contribution is 2.31. The quantitative estimate of drug-likeness (QED) is 0.320. The number of nitrogens with one attached hydrogen (secondary N) is 1. The van der Waals surface area contributed by atoms with Crippen molar-refractivity contribution in [3.8, 4) is 17.2 Å². The van der Waals surface area contributed by atoms with Crippen LogP contribution in [0, 0.1) is 0 Å². The van der Waals surface area contributed by atoms with E-state index >= 15 is 0 Å². The first-order valence-corrected chi connectivity index (χ1v) is 12.5. The van der Waals surface area contributed by atoms with E-state index in [0.717, 1.165) is 22.6 Å². The van der Waals surface area contributed by atoms with Crippen LogP contribution in [-0.2, 0) is 17.8 Å². The first-order valence-electron chi connectivity index (χ1n) is 12.5. The number of aliphatic hydroxyl groups excluding tert-OH is 1.